The predicted molar refractivity (Wildman–Crippen MR) is 91.7 cm³/mol. The Morgan fingerprint density at radius 1 is 1.30 bits per heavy atom. The number of primary amides is 1. The molecule has 2 aromatic rings. The lowest BCUT2D eigenvalue weighted by atomic mass is 9.97. The van der Waals surface area contributed by atoms with Crippen molar-refractivity contribution in [3.05, 3.63) is 51.7 Å². The Morgan fingerprint density at radius 2 is 2.04 bits per heavy atom. The molecule has 3 amide bonds. The van der Waals surface area contributed by atoms with Crippen LogP contribution in [0.15, 0.2) is 35.7 Å². The van der Waals surface area contributed by atoms with E-state index in [0.29, 0.717) is 11.3 Å². The molecule has 0 saturated carbocycles. The van der Waals surface area contributed by atoms with Gasteiger partial charge in [0.15, 0.2) is 0 Å². The van der Waals surface area contributed by atoms with Gasteiger partial charge < -0.3 is 16.0 Å². The monoisotopic (exact) mass is 329 g/mol. The molecule has 0 saturated heterocycles. The van der Waals surface area contributed by atoms with Gasteiger partial charge in [-0.2, -0.15) is 0 Å². The summed E-state index contributed by atoms with van der Waals surface area (Å²) in [7, 11) is 0. The van der Waals surface area contributed by atoms with Gasteiger partial charge in [0.2, 0.25) is 0 Å². The van der Waals surface area contributed by atoms with Crippen molar-refractivity contribution in [3.8, 4) is 0 Å². The Bertz CT molecular complexity index is 724. The maximum Gasteiger partial charge on any atom is 0.316 e. The quantitative estimate of drug-likeness (QED) is 0.905. The van der Waals surface area contributed by atoms with E-state index in [4.69, 9.17) is 5.73 Å². The first-order chi connectivity index (χ1) is 11.1. The molecule has 0 radical (unpaired) electrons. The van der Waals surface area contributed by atoms with Gasteiger partial charge >= 0.3 is 6.03 Å². The van der Waals surface area contributed by atoms with Crippen LogP contribution < -0.4 is 11.1 Å². The van der Waals surface area contributed by atoms with E-state index < -0.39 is 6.03 Å². The fourth-order valence-corrected chi connectivity index (χ4v) is 4.01. The molecule has 3 rings (SSSR count). The van der Waals surface area contributed by atoms with Crippen molar-refractivity contribution in [1.82, 2.24) is 4.90 Å². The molecule has 1 aromatic heterocycles. The van der Waals surface area contributed by atoms with E-state index in [1.54, 1.807) is 35.6 Å². The van der Waals surface area contributed by atoms with Crippen LogP contribution in [0.3, 0.4) is 0 Å². The molecule has 0 spiro atoms. The summed E-state index contributed by atoms with van der Waals surface area (Å²) in [5.41, 5.74) is 7.57. The number of anilines is 1. The van der Waals surface area contributed by atoms with Crippen LogP contribution in [0.5, 0.6) is 0 Å². The van der Waals surface area contributed by atoms with Crippen LogP contribution in [0.2, 0.25) is 0 Å². The van der Waals surface area contributed by atoms with Gasteiger partial charge in [0.05, 0.1) is 6.04 Å². The minimum absolute atomic E-state index is 0.0272. The Hall–Kier alpha value is -2.34. The molecule has 1 aliphatic heterocycles. The zero-order valence-electron chi connectivity index (χ0n) is 12.9. The van der Waals surface area contributed by atoms with E-state index in [-0.39, 0.29) is 11.9 Å². The maximum atomic E-state index is 12.9. The second-order valence-corrected chi connectivity index (χ2v) is 6.54. The first-order valence-corrected chi connectivity index (χ1v) is 8.52. The van der Waals surface area contributed by atoms with Crippen molar-refractivity contribution in [2.75, 3.05) is 11.9 Å². The van der Waals surface area contributed by atoms with Crippen LogP contribution in [-0.2, 0) is 6.42 Å². The average Bonchev–Trinajstić information content (AvgIpc) is 3.02. The van der Waals surface area contributed by atoms with Crippen molar-refractivity contribution in [2.45, 2.75) is 25.8 Å². The van der Waals surface area contributed by atoms with Crippen LogP contribution in [0.4, 0.5) is 10.5 Å². The Morgan fingerprint density at radius 3 is 2.70 bits per heavy atom. The van der Waals surface area contributed by atoms with Gasteiger partial charge in [-0.1, -0.05) is 6.92 Å². The third kappa shape index (κ3) is 3.07. The summed E-state index contributed by atoms with van der Waals surface area (Å²) in [6.45, 7) is 2.85. The summed E-state index contributed by atoms with van der Waals surface area (Å²) < 4.78 is 0. The number of rotatable bonds is 3. The maximum absolute atomic E-state index is 12.9. The number of thiophene rings is 1. The molecule has 0 bridgehead atoms. The van der Waals surface area contributed by atoms with Crippen molar-refractivity contribution in [1.29, 1.82) is 0 Å². The van der Waals surface area contributed by atoms with Gasteiger partial charge in [0.25, 0.3) is 5.91 Å². The topological polar surface area (TPSA) is 75.4 Å². The molecule has 2 heterocycles. The number of fused-ring (bicyclic) bond motifs is 1. The number of nitrogens with two attached hydrogens (primary N) is 1. The smallest absolute Gasteiger partial charge is 0.316 e. The Labute approximate surface area is 139 Å². The van der Waals surface area contributed by atoms with Crippen LogP contribution in [0.25, 0.3) is 0 Å². The number of carbonyl (C=O) groups excluding carboxylic acids is 2. The highest BCUT2D eigenvalue weighted by Crippen LogP contribution is 2.36. The van der Waals surface area contributed by atoms with Crippen molar-refractivity contribution in [3.63, 3.8) is 0 Å². The fourth-order valence-electron chi connectivity index (χ4n) is 3.08. The summed E-state index contributed by atoms with van der Waals surface area (Å²) in [4.78, 5) is 27.0. The fraction of sp³-hybridized carbons (Fsp3) is 0.294. The van der Waals surface area contributed by atoms with E-state index >= 15 is 0 Å². The lowest BCUT2D eigenvalue weighted by Gasteiger charge is -2.35. The van der Waals surface area contributed by atoms with Crippen molar-refractivity contribution < 1.29 is 9.59 Å². The highest BCUT2D eigenvalue weighted by atomic mass is 32.1. The highest BCUT2D eigenvalue weighted by Gasteiger charge is 2.30. The minimum atomic E-state index is -0.615. The van der Waals surface area contributed by atoms with Gasteiger partial charge in [0, 0.05) is 22.7 Å². The number of hydrogen-bond acceptors (Lipinski definition) is 3. The Kier molecular flexibility index (Phi) is 4.34. The van der Waals surface area contributed by atoms with Crippen LogP contribution >= 0.6 is 11.3 Å². The molecule has 3 N–H and O–H groups in total. The zero-order valence-corrected chi connectivity index (χ0v) is 13.7. The standard InChI is InChI=1S/C17H19N3O2S/c1-2-14-13-8-10-23-15(13)7-9-20(14)16(21)11-3-5-12(6-4-11)19-17(18)22/h3-6,8,10,14H,2,7,9H2,1H3,(H3,18,19,22). The summed E-state index contributed by atoms with van der Waals surface area (Å²) in [6, 6.07) is 8.50. The molecular formula is C17H19N3O2S. The van der Waals surface area contributed by atoms with Gasteiger partial charge in [0.1, 0.15) is 0 Å². The van der Waals surface area contributed by atoms with Crippen LogP contribution in [0, 0.1) is 0 Å². The summed E-state index contributed by atoms with van der Waals surface area (Å²) in [5.74, 6) is 0.0272. The molecule has 6 heteroatoms. The lowest BCUT2D eigenvalue weighted by molar-refractivity contribution is 0.0657. The van der Waals surface area contributed by atoms with Crippen LogP contribution in [-0.4, -0.2) is 23.4 Å². The van der Waals surface area contributed by atoms with Gasteiger partial charge in [-0.15, -0.1) is 11.3 Å². The van der Waals surface area contributed by atoms with E-state index in [1.807, 2.05) is 4.90 Å². The largest absolute Gasteiger partial charge is 0.351 e. The number of hydrogen-bond donors (Lipinski definition) is 2. The van der Waals surface area contributed by atoms with Gasteiger partial charge in [-0.25, -0.2) is 4.79 Å². The minimum Gasteiger partial charge on any atom is -0.351 e. The lowest BCUT2D eigenvalue weighted by Crippen LogP contribution is -2.39. The number of urea groups is 1. The third-order valence-corrected chi connectivity index (χ3v) is 5.14. The summed E-state index contributed by atoms with van der Waals surface area (Å²) >= 11 is 1.77. The molecule has 120 valence electrons. The normalized spacial score (nSPS) is 16.7. The SMILES string of the molecule is CCC1c2ccsc2CCN1C(=O)c1ccc(NC(N)=O)cc1. The summed E-state index contributed by atoms with van der Waals surface area (Å²) in [6.07, 6.45) is 1.81. The number of benzene rings is 1. The highest BCUT2D eigenvalue weighted by molar-refractivity contribution is 7.10. The molecule has 1 aliphatic rings. The Balaban J connectivity index is 1.81. The van der Waals surface area contributed by atoms with Gasteiger partial charge in [-0.05, 0) is 54.1 Å². The van der Waals surface area contributed by atoms with E-state index in [9.17, 15) is 9.59 Å². The number of amides is 3. The number of nitrogens with one attached hydrogen (secondary N) is 1. The third-order valence-electron chi connectivity index (χ3n) is 4.14. The average molecular weight is 329 g/mol. The second kappa shape index (κ2) is 6.42. The molecule has 1 aromatic carbocycles. The first kappa shape index (κ1) is 15.6. The first-order valence-electron chi connectivity index (χ1n) is 7.64. The van der Waals surface area contributed by atoms with Crippen molar-refractivity contribution in [2.24, 2.45) is 5.73 Å². The van der Waals surface area contributed by atoms with Crippen LogP contribution in [0.1, 0.15) is 40.2 Å². The predicted octanol–water partition coefficient (Wildman–Crippen LogP) is 3.39. The molecule has 0 aliphatic carbocycles. The second-order valence-electron chi connectivity index (χ2n) is 5.54. The zero-order chi connectivity index (χ0) is 16.4. The van der Waals surface area contributed by atoms with E-state index in [0.717, 1.165) is 19.4 Å². The van der Waals surface area contributed by atoms with E-state index in [2.05, 4.69) is 23.7 Å². The molecule has 5 nitrogen and oxygen atoms in total. The molecule has 1 unspecified atom stereocenters. The molecule has 23 heavy (non-hydrogen) atoms. The molecule has 0 fully saturated rings. The molecule has 1 atom stereocenters. The van der Waals surface area contributed by atoms with Crippen molar-refractivity contribution >= 4 is 29.0 Å². The van der Waals surface area contributed by atoms with Gasteiger partial charge in [-0.3, -0.25) is 4.79 Å². The molecular weight excluding hydrogens is 310 g/mol. The van der Waals surface area contributed by atoms with E-state index in [1.165, 1.54) is 10.4 Å². The number of nitrogens with zero attached hydrogens (tertiary/aromatic N) is 1. The number of carbonyl (C=O) groups is 2. The summed E-state index contributed by atoms with van der Waals surface area (Å²) in [5, 5.41) is 4.60.